The van der Waals surface area contributed by atoms with Crippen LogP contribution in [0.5, 0.6) is 0 Å². The molecule has 122 valence electrons. The predicted octanol–water partition coefficient (Wildman–Crippen LogP) is 2.11. The van der Waals surface area contributed by atoms with Gasteiger partial charge in [-0.2, -0.15) is 5.10 Å². The van der Waals surface area contributed by atoms with E-state index >= 15 is 0 Å². The van der Waals surface area contributed by atoms with E-state index in [2.05, 4.69) is 20.3 Å². The van der Waals surface area contributed by atoms with Crippen LogP contribution in [0.15, 0.2) is 24.5 Å². The molecule has 0 amide bonds. The first-order valence-corrected chi connectivity index (χ1v) is 7.65. The molecule has 1 aliphatic rings. The number of rotatable bonds is 4. The lowest BCUT2D eigenvalue weighted by Crippen LogP contribution is -2.40. The van der Waals surface area contributed by atoms with Crippen LogP contribution >= 0.6 is 0 Å². The van der Waals surface area contributed by atoms with Crippen LogP contribution in [0.2, 0.25) is 0 Å². The molecule has 3 heterocycles. The lowest BCUT2D eigenvalue weighted by Gasteiger charge is -2.33. The van der Waals surface area contributed by atoms with Crippen molar-refractivity contribution in [3.8, 4) is 0 Å². The molecule has 3 rings (SSSR count). The molecule has 1 N–H and O–H groups in total. The van der Waals surface area contributed by atoms with E-state index in [0.29, 0.717) is 17.6 Å². The molecule has 2 aromatic heterocycles. The number of aryl methyl sites for hydroxylation is 2. The second-order valence-electron chi connectivity index (χ2n) is 5.79. The summed E-state index contributed by atoms with van der Waals surface area (Å²) in [5, 5.41) is 19.0. The molecule has 23 heavy (non-hydrogen) atoms. The third-order valence-electron chi connectivity index (χ3n) is 4.17. The van der Waals surface area contributed by atoms with Crippen molar-refractivity contribution < 1.29 is 4.92 Å². The zero-order valence-electron chi connectivity index (χ0n) is 13.3. The summed E-state index contributed by atoms with van der Waals surface area (Å²) in [7, 11) is 1.76. The minimum atomic E-state index is -0.336. The third kappa shape index (κ3) is 3.10. The van der Waals surface area contributed by atoms with Gasteiger partial charge in [0.05, 0.1) is 10.6 Å². The van der Waals surface area contributed by atoms with Crippen LogP contribution < -0.4 is 10.2 Å². The molecule has 0 atom stereocenters. The number of hydrogen-bond donors (Lipinski definition) is 1. The molecule has 0 spiro atoms. The maximum absolute atomic E-state index is 11.3. The van der Waals surface area contributed by atoms with E-state index in [1.165, 1.54) is 0 Å². The van der Waals surface area contributed by atoms with Crippen molar-refractivity contribution in [2.24, 2.45) is 7.05 Å². The quantitative estimate of drug-likeness (QED) is 0.686. The standard InChI is InChI=1S/C15H20N6O2/c1-11-14(21(22)23)15(19(2)18-11)20-8-5-12(6-9-20)17-13-4-3-7-16-10-13/h3-4,7,10,12,17H,5-6,8-9H2,1-2H3. The molecule has 0 radical (unpaired) electrons. The lowest BCUT2D eigenvalue weighted by molar-refractivity contribution is -0.384. The van der Waals surface area contributed by atoms with Crippen LogP contribution in [0.4, 0.5) is 17.2 Å². The zero-order valence-corrected chi connectivity index (χ0v) is 13.3. The highest BCUT2D eigenvalue weighted by Gasteiger charge is 2.30. The topological polar surface area (TPSA) is 89.1 Å². The van der Waals surface area contributed by atoms with Crippen LogP contribution in [0, 0.1) is 17.0 Å². The fraction of sp³-hybridized carbons (Fsp3) is 0.467. The largest absolute Gasteiger partial charge is 0.381 e. The van der Waals surface area contributed by atoms with Gasteiger partial charge in [-0.05, 0) is 31.9 Å². The highest BCUT2D eigenvalue weighted by molar-refractivity contribution is 5.61. The summed E-state index contributed by atoms with van der Waals surface area (Å²) < 4.78 is 1.61. The third-order valence-corrected chi connectivity index (χ3v) is 4.17. The van der Waals surface area contributed by atoms with Gasteiger partial charge in [0.15, 0.2) is 0 Å². The fourth-order valence-electron chi connectivity index (χ4n) is 3.12. The molecule has 0 saturated carbocycles. The number of nitro groups is 1. The second kappa shape index (κ2) is 6.23. The van der Waals surface area contributed by atoms with Crippen LogP contribution in [0.3, 0.4) is 0 Å². The number of anilines is 2. The second-order valence-corrected chi connectivity index (χ2v) is 5.79. The van der Waals surface area contributed by atoms with Gasteiger partial charge < -0.3 is 10.2 Å². The van der Waals surface area contributed by atoms with E-state index in [-0.39, 0.29) is 10.6 Å². The molecular weight excluding hydrogens is 296 g/mol. The Morgan fingerprint density at radius 2 is 2.13 bits per heavy atom. The number of nitrogens with one attached hydrogen (secondary N) is 1. The van der Waals surface area contributed by atoms with Gasteiger partial charge in [0.1, 0.15) is 5.69 Å². The summed E-state index contributed by atoms with van der Waals surface area (Å²) in [6, 6.07) is 4.25. The highest BCUT2D eigenvalue weighted by Crippen LogP contribution is 2.32. The minimum Gasteiger partial charge on any atom is -0.381 e. The van der Waals surface area contributed by atoms with Crippen LogP contribution in [0.25, 0.3) is 0 Å². The predicted molar refractivity (Wildman–Crippen MR) is 87.7 cm³/mol. The molecule has 8 nitrogen and oxygen atoms in total. The Morgan fingerprint density at radius 3 is 2.74 bits per heavy atom. The summed E-state index contributed by atoms with van der Waals surface area (Å²) >= 11 is 0. The van der Waals surface area contributed by atoms with Crippen LogP contribution in [0.1, 0.15) is 18.5 Å². The Balaban J connectivity index is 1.69. The number of nitrogens with zero attached hydrogens (tertiary/aromatic N) is 5. The summed E-state index contributed by atoms with van der Waals surface area (Å²) in [4.78, 5) is 17.1. The van der Waals surface area contributed by atoms with E-state index < -0.39 is 0 Å². The molecule has 1 fully saturated rings. The van der Waals surface area contributed by atoms with Gasteiger partial charge in [-0.15, -0.1) is 0 Å². The molecule has 1 saturated heterocycles. The Kier molecular flexibility index (Phi) is 4.14. The van der Waals surface area contributed by atoms with E-state index in [1.54, 1.807) is 24.9 Å². The first-order chi connectivity index (χ1) is 11.1. The van der Waals surface area contributed by atoms with Crippen LogP contribution in [-0.4, -0.2) is 38.8 Å². The summed E-state index contributed by atoms with van der Waals surface area (Å²) in [5.41, 5.74) is 1.59. The van der Waals surface area contributed by atoms with Crippen molar-refractivity contribution in [1.82, 2.24) is 14.8 Å². The average Bonchev–Trinajstić information content (AvgIpc) is 2.83. The monoisotopic (exact) mass is 316 g/mol. The zero-order chi connectivity index (χ0) is 16.4. The number of aromatic nitrogens is 3. The van der Waals surface area contributed by atoms with E-state index in [9.17, 15) is 10.1 Å². The van der Waals surface area contributed by atoms with Crippen molar-refractivity contribution >= 4 is 17.2 Å². The van der Waals surface area contributed by atoms with Gasteiger partial charge in [-0.25, -0.2) is 4.68 Å². The Bertz CT molecular complexity index is 691. The number of hydrogen-bond acceptors (Lipinski definition) is 6. The molecule has 0 bridgehead atoms. The maximum Gasteiger partial charge on any atom is 0.333 e. The lowest BCUT2D eigenvalue weighted by atomic mass is 10.0. The molecule has 0 unspecified atom stereocenters. The van der Waals surface area contributed by atoms with Crippen molar-refractivity contribution in [2.45, 2.75) is 25.8 Å². The molecule has 0 aliphatic carbocycles. The number of pyridine rings is 1. The fourth-order valence-corrected chi connectivity index (χ4v) is 3.12. The molecule has 0 aromatic carbocycles. The SMILES string of the molecule is Cc1nn(C)c(N2CCC(Nc3cccnc3)CC2)c1[N+](=O)[O-]. The first kappa shape index (κ1) is 15.3. The van der Waals surface area contributed by atoms with E-state index in [1.807, 2.05) is 18.3 Å². The summed E-state index contributed by atoms with van der Waals surface area (Å²) in [6.45, 7) is 3.20. The smallest absolute Gasteiger partial charge is 0.333 e. The summed E-state index contributed by atoms with van der Waals surface area (Å²) in [5.74, 6) is 0.604. The van der Waals surface area contributed by atoms with Gasteiger partial charge >= 0.3 is 5.69 Å². The molecule has 1 aliphatic heterocycles. The normalized spacial score (nSPS) is 15.7. The minimum absolute atomic E-state index is 0.117. The summed E-state index contributed by atoms with van der Waals surface area (Å²) in [6.07, 6.45) is 5.38. The van der Waals surface area contributed by atoms with Gasteiger partial charge in [0, 0.05) is 38.6 Å². The van der Waals surface area contributed by atoms with Crippen molar-refractivity contribution in [2.75, 3.05) is 23.3 Å². The van der Waals surface area contributed by atoms with Gasteiger partial charge in [-0.1, -0.05) is 0 Å². The van der Waals surface area contributed by atoms with Crippen molar-refractivity contribution in [3.63, 3.8) is 0 Å². The van der Waals surface area contributed by atoms with E-state index in [4.69, 9.17) is 0 Å². The molecule has 8 heteroatoms. The molecule has 2 aromatic rings. The molecular formula is C15H20N6O2. The Labute approximate surface area is 134 Å². The Hall–Kier alpha value is -2.64. The highest BCUT2D eigenvalue weighted by atomic mass is 16.6. The van der Waals surface area contributed by atoms with E-state index in [0.717, 1.165) is 31.6 Å². The van der Waals surface area contributed by atoms with Crippen LogP contribution in [-0.2, 0) is 7.05 Å². The Morgan fingerprint density at radius 1 is 1.39 bits per heavy atom. The maximum atomic E-state index is 11.3. The average molecular weight is 316 g/mol. The van der Waals surface area contributed by atoms with Gasteiger partial charge in [0.25, 0.3) is 0 Å². The van der Waals surface area contributed by atoms with Gasteiger partial charge in [0.2, 0.25) is 5.82 Å². The van der Waals surface area contributed by atoms with Gasteiger partial charge in [-0.3, -0.25) is 15.1 Å². The van der Waals surface area contributed by atoms with Crippen molar-refractivity contribution in [3.05, 3.63) is 40.3 Å². The first-order valence-electron chi connectivity index (χ1n) is 7.65. The van der Waals surface area contributed by atoms with Crippen molar-refractivity contribution in [1.29, 1.82) is 0 Å². The number of piperidine rings is 1.